The standard InChI is InChI=1S/C16H24ClN3O/c1-19(2)5-6-20-16(14(17)10-18-20)15(21)9-13-8-11-3-4-12(13)7-11/h10-13H,3-9H2,1-2H3. The molecule has 0 amide bonds. The minimum absolute atomic E-state index is 0.175. The summed E-state index contributed by atoms with van der Waals surface area (Å²) in [6.45, 7) is 1.56. The fourth-order valence-electron chi connectivity index (χ4n) is 4.07. The second-order valence-corrected chi connectivity index (χ2v) is 7.34. The molecule has 0 saturated heterocycles. The lowest BCUT2D eigenvalue weighted by atomic mass is 9.85. The molecule has 2 aliphatic rings. The molecule has 2 aliphatic carbocycles. The van der Waals surface area contributed by atoms with Crippen LogP contribution in [0.5, 0.6) is 0 Å². The van der Waals surface area contributed by atoms with Crippen molar-refractivity contribution >= 4 is 17.4 Å². The van der Waals surface area contributed by atoms with E-state index in [2.05, 4.69) is 10.00 Å². The predicted octanol–water partition coefficient (Wildman–Crippen LogP) is 3.11. The number of halogens is 1. The lowest BCUT2D eigenvalue weighted by molar-refractivity contribution is 0.0933. The second kappa shape index (κ2) is 6.09. The highest BCUT2D eigenvalue weighted by molar-refractivity contribution is 6.33. The van der Waals surface area contributed by atoms with Gasteiger partial charge in [0, 0.05) is 13.0 Å². The molecule has 3 atom stereocenters. The third kappa shape index (κ3) is 3.16. The van der Waals surface area contributed by atoms with Crippen molar-refractivity contribution in [2.24, 2.45) is 17.8 Å². The quantitative estimate of drug-likeness (QED) is 0.758. The second-order valence-electron chi connectivity index (χ2n) is 6.93. The lowest BCUT2D eigenvalue weighted by Gasteiger charge is -2.21. The molecule has 1 heterocycles. The molecule has 0 N–H and O–H groups in total. The van der Waals surface area contributed by atoms with Crippen LogP contribution < -0.4 is 0 Å². The maximum atomic E-state index is 12.7. The van der Waals surface area contributed by atoms with Gasteiger partial charge in [-0.1, -0.05) is 18.0 Å². The Bertz CT molecular complexity index is 526. The summed E-state index contributed by atoms with van der Waals surface area (Å²) in [5, 5.41) is 4.77. The summed E-state index contributed by atoms with van der Waals surface area (Å²) in [5.74, 6) is 2.40. The summed E-state index contributed by atoms with van der Waals surface area (Å²) in [6.07, 6.45) is 7.51. The third-order valence-electron chi connectivity index (χ3n) is 5.15. The van der Waals surface area contributed by atoms with Crippen LogP contribution in [0.1, 0.15) is 42.6 Å². The van der Waals surface area contributed by atoms with E-state index in [0.29, 0.717) is 29.6 Å². The van der Waals surface area contributed by atoms with Crippen LogP contribution in [0.4, 0.5) is 0 Å². The fraction of sp³-hybridized carbons (Fsp3) is 0.750. The minimum Gasteiger partial charge on any atom is -0.308 e. The van der Waals surface area contributed by atoms with Crippen LogP contribution in [-0.4, -0.2) is 41.1 Å². The van der Waals surface area contributed by atoms with E-state index in [1.807, 2.05) is 14.1 Å². The normalized spacial score (nSPS) is 27.7. The largest absolute Gasteiger partial charge is 0.308 e. The molecule has 1 aromatic rings. The van der Waals surface area contributed by atoms with Crippen LogP contribution >= 0.6 is 11.6 Å². The van der Waals surface area contributed by atoms with Crippen molar-refractivity contribution in [2.75, 3.05) is 20.6 Å². The summed E-state index contributed by atoms with van der Waals surface area (Å²) >= 11 is 6.20. The van der Waals surface area contributed by atoms with Crippen LogP contribution in [-0.2, 0) is 6.54 Å². The van der Waals surface area contributed by atoms with Gasteiger partial charge in [0.25, 0.3) is 0 Å². The monoisotopic (exact) mass is 309 g/mol. The van der Waals surface area contributed by atoms with E-state index >= 15 is 0 Å². The van der Waals surface area contributed by atoms with E-state index < -0.39 is 0 Å². The van der Waals surface area contributed by atoms with Crippen LogP contribution in [0.15, 0.2) is 6.20 Å². The van der Waals surface area contributed by atoms with Crippen molar-refractivity contribution < 1.29 is 4.79 Å². The zero-order valence-electron chi connectivity index (χ0n) is 12.9. The topological polar surface area (TPSA) is 38.1 Å². The van der Waals surface area contributed by atoms with Crippen LogP contribution in [0.3, 0.4) is 0 Å². The summed E-state index contributed by atoms with van der Waals surface area (Å²) in [6, 6.07) is 0. The number of carbonyl (C=O) groups is 1. The molecule has 0 aliphatic heterocycles. The molecule has 2 fully saturated rings. The predicted molar refractivity (Wildman–Crippen MR) is 83.7 cm³/mol. The van der Waals surface area contributed by atoms with Crippen LogP contribution in [0.25, 0.3) is 0 Å². The number of likely N-dealkylation sites (N-methyl/N-ethyl adjacent to an activating group) is 1. The first-order valence-electron chi connectivity index (χ1n) is 7.94. The number of rotatable bonds is 6. The van der Waals surface area contributed by atoms with Crippen molar-refractivity contribution in [3.05, 3.63) is 16.9 Å². The molecule has 0 radical (unpaired) electrons. The molecule has 4 nitrogen and oxygen atoms in total. The Labute approximate surface area is 131 Å². The molecule has 3 rings (SSSR count). The highest BCUT2D eigenvalue weighted by Gasteiger charge is 2.40. The Morgan fingerprint density at radius 3 is 2.86 bits per heavy atom. The van der Waals surface area contributed by atoms with Crippen molar-refractivity contribution in [3.63, 3.8) is 0 Å². The highest BCUT2D eigenvalue weighted by atomic mass is 35.5. The number of fused-ring (bicyclic) bond motifs is 2. The average molecular weight is 310 g/mol. The average Bonchev–Trinajstić information content (AvgIpc) is 3.11. The van der Waals surface area contributed by atoms with Gasteiger partial charge >= 0.3 is 0 Å². The first-order valence-corrected chi connectivity index (χ1v) is 8.31. The molecule has 0 spiro atoms. The van der Waals surface area contributed by atoms with Crippen molar-refractivity contribution in [2.45, 2.75) is 38.6 Å². The number of Topliss-reactive ketones (excluding diaryl/α,β-unsaturated/α-hetero) is 1. The van der Waals surface area contributed by atoms with Gasteiger partial charge in [0.05, 0.1) is 17.8 Å². The summed E-state index contributed by atoms with van der Waals surface area (Å²) in [5.41, 5.74) is 0.612. The maximum absolute atomic E-state index is 12.7. The Morgan fingerprint density at radius 2 is 2.24 bits per heavy atom. The van der Waals surface area contributed by atoms with Crippen LogP contribution in [0.2, 0.25) is 5.02 Å². The van der Waals surface area contributed by atoms with E-state index in [4.69, 9.17) is 11.6 Å². The molecule has 21 heavy (non-hydrogen) atoms. The van der Waals surface area contributed by atoms with Gasteiger partial charge in [0.15, 0.2) is 5.78 Å². The molecule has 3 unspecified atom stereocenters. The number of nitrogens with zero attached hydrogens (tertiary/aromatic N) is 3. The van der Waals surface area contributed by atoms with Gasteiger partial charge in [-0.2, -0.15) is 5.10 Å². The first-order chi connectivity index (χ1) is 10.0. The molecular formula is C16H24ClN3O. The molecule has 1 aromatic heterocycles. The molecular weight excluding hydrogens is 286 g/mol. The fourth-order valence-corrected chi connectivity index (χ4v) is 4.31. The first kappa shape index (κ1) is 15.0. The summed E-state index contributed by atoms with van der Waals surface area (Å²) in [4.78, 5) is 14.7. The van der Waals surface area contributed by atoms with Crippen molar-refractivity contribution in [3.8, 4) is 0 Å². The van der Waals surface area contributed by atoms with Gasteiger partial charge in [-0.25, -0.2) is 0 Å². The van der Waals surface area contributed by atoms with Gasteiger partial charge in [0.2, 0.25) is 0 Å². The molecule has 5 heteroatoms. The minimum atomic E-state index is 0.175. The van der Waals surface area contributed by atoms with E-state index in [0.717, 1.165) is 18.4 Å². The zero-order chi connectivity index (χ0) is 15.0. The Kier molecular flexibility index (Phi) is 4.36. The smallest absolute Gasteiger partial charge is 0.182 e. The molecule has 2 saturated carbocycles. The Morgan fingerprint density at radius 1 is 1.43 bits per heavy atom. The Hall–Kier alpha value is -0.870. The van der Waals surface area contributed by atoms with Gasteiger partial charge in [-0.3, -0.25) is 9.48 Å². The van der Waals surface area contributed by atoms with Gasteiger partial charge in [-0.15, -0.1) is 0 Å². The Balaban J connectivity index is 1.67. The van der Waals surface area contributed by atoms with E-state index in [1.54, 1.807) is 10.9 Å². The van der Waals surface area contributed by atoms with Gasteiger partial charge < -0.3 is 4.90 Å². The van der Waals surface area contributed by atoms with Crippen molar-refractivity contribution in [1.29, 1.82) is 0 Å². The SMILES string of the molecule is CN(C)CCn1ncc(Cl)c1C(=O)CC1CC2CCC1C2. The summed E-state index contributed by atoms with van der Waals surface area (Å²) < 4.78 is 1.78. The zero-order valence-corrected chi connectivity index (χ0v) is 13.6. The van der Waals surface area contributed by atoms with Crippen LogP contribution in [0, 0.1) is 17.8 Å². The number of hydrogen-bond donors (Lipinski definition) is 0. The third-order valence-corrected chi connectivity index (χ3v) is 5.43. The molecule has 2 bridgehead atoms. The van der Waals surface area contributed by atoms with Gasteiger partial charge in [0.1, 0.15) is 5.69 Å². The number of aromatic nitrogens is 2. The van der Waals surface area contributed by atoms with Crippen molar-refractivity contribution in [1.82, 2.24) is 14.7 Å². The number of ketones is 1. The van der Waals surface area contributed by atoms with E-state index in [1.165, 1.54) is 25.7 Å². The molecule has 0 aromatic carbocycles. The number of carbonyl (C=O) groups excluding carboxylic acids is 1. The molecule has 116 valence electrons. The summed E-state index contributed by atoms with van der Waals surface area (Å²) in [7, 11) is 4.03. The van der Waals surface area contributed by atoms with E-state index in [-0.39, 0.29) is 5.78 Å². The number of hydrogen-bond acceptors (Lipinski definition) is 3. The maximum Gasteiger partial charge on any atom is 0.182 e. The highest BCUT2D eigenvalue weighted by Crippen LogP contribution is 2.49. The van der Waals surface area contributed by atoms with E-state index in [9.17, 15) is 4.79 Å². The van der Waals surface area contributed by atoms with Gasteiger partial charge in [-0.05, 0) is 51.1 Å². The lowest BCUT2D eigenvalue weighted by Crippen LogP contribution is -2.23.